The molecule has 6 heteroatoms. The Bertz CT molecular complexity index is 527. The fourth-order valence-electron chi connectivity index (χ4n) is 2.19. The van der Waals surface area contributed by atoms with E-state index >= 15 is 0 Å². The van der Waals surface area contributed by atoms with Crippen LogP contribution >= 0.6 is 0 Å². The highest BCUT2D eigenvalue weighted by molar-refractivity contribution is 5.96. The number of nitrogens with two attached hydrogens (primary N) is 1. The van der Waals surface area contributed by atoms with Gasteiger partial charge in [-0.25, -0.2) is 9.18 Å². The standard InChI is InChI=1S/C14H17FN2O3/c1-9(13(18)17-6-2-3-7-17)20-14(19)11-5-4-10(15)8-12(11)16/h4-5,8-9H,2-3,6-7,16H2,1H3. The second-order valence-electron chi connectivity index (χ2n) is 4.81. The van der Waals surface area contributed by atoms with Crippen LogP contribution in [0, 0.1) is 5.82 Å². The van der Waals surface area contributed by atoms with Crippen molar-refractivity contribution in [2.24, 2.45) is 0 Å². The molecule has 1 aromatic rings. The number of esters is 1. The van der Waals surface area contributed by atoms with E-state index in [1.807, 2.05) is 0 Å². The van der Waals surface area contributed by atoms with E-state index in [1.54, 1.807) is 4.90 Å². The molecular weight excluding hydrogens is 263 g/mol. The molecule has 1 aromatic carbocycles. The Balaban J connectivity index is 2.01. The molecule has 1 fully saturated rings. The first-order valence-corrected chi connectivity index (χ1v) is 6.54. The molecule has 1 amide bonds. The monoisotopic (exact) mass is 280 g/mol. The van der Waals surface area contributed by atoms with Crippen LogP contribution in [-0.4, -0.2) is 36.0 Å². The molecule has 1 saturated heterocycles. The minimum atomic E-state index is -0.870. The molecule has 1 unspecified atom stereocenters. The number of carbonyl (C=O) groups is 2. The summed E-state index contributed by atoms with van der Waals surface area (Å²) in [5.41, 5.74) is 5.62. The van der Waals surface area contributed by atoms with Crippen molar-refractivity contribution in [3.05, 3.63) is 29.6 Å². The van der Waals surface area contributed by atoms with Gasteiger partial charge in [0, 0.05) is 18.8 Å². The van der Waals surface area contributed by atoms with Crippen molar-refractivity contribution >= 4 is 17.6 Å². The van der Waals surface area contributed by atoms with Crippen LogP contribution in [0.1, 0.15) is 30.1 Å². The summed E-state index contributed by atoms with van der Waals surface area (Å²) in [5, 5.41) is 0. The van der Waals surface area contributed by atoms with Crippen LogP contribution in [0.5, 0.6) is 0 Å². The first-order valence-electron chi connectivity index (χ1n) is 6.54. The first-order chi connectivity index (χ1) is 9.49. The summed E-state index contributed by atoms with van der Waals surface area (Å²) in [7, 11) is 0. The van der Waals surface area contributed by atoms with E-state index in [0.717, 1.165) is 25.0 Å². The van der Waals surface area contributed by atoms with Gasteiger partial charge in [-0.1, -0.05) is 0 Å². The molecule has 1 atom stereocenters. The summed E-state index contributed by atoms with van der Waals surface area (Å²) in [6.45, 7) is 2.91. The number of hydrogen-bond donors (Lipinski definition) is 1. The quantitative estimate of drug-likeness (QED) is 0.674. The number of benzene rings is 1. The average Bonchev–Trinajstić information content (AvgIpc) is 2.91. The number of nitrogen functional groups attached to an aromatic ring is 1. The van der Waals surface area contributed by atoms with E-state index in [9.17, 15) is 14.0 Å². The number of likely N-dealkylation sites (tertiary alicyclic amines) is 1. The zero-order valence-electron chi connectivity index (χ0n) is 11.3. The van der Waals surface area contributed by atoms with Gasteiger partial charge in [0.05, 0.1) is 5.56 Å². The SMILES string of the molecule is CC(OC(=O)c1ccc(F)cc1N)C(=O)N1CCCC1. The van der Waals surface area contributed by atoms with Crippen molar-refractivity contribution in [3.8, 4) is 0 Å². The molecule has 1 heterocycles. The second-order valence-corrected chi connectivity index (χ2v) is 4.81. The van der Waals surface area contributed by atoms with E-state index < -0.39 is 17.9 Å². The van der Waals surface area contributed by atoms with Gasteiger partial charge >= 0.3 is 5.97 Å². The van der Waals surface area contributed by atoms with Crippen LogP contribution in [0.3, 0.4) is 0 Å². The Labute approximate surface area is 116 Å². The summed E-state index contributed by atoms with van der Waals surface area (Å²) >= 11 is 0. The van der Waals surface area contributed by atoms with Crippen LogP contribution in [0.15, 0.2) is 18.2 Å². The van der Waals surface area contributed by atoms with Crippen molar-refractivity contribution in [2.75, 3.05) is 18.8 Å². The third kappa shape index (κ3) is 3.07. The van der Waals surface area contributed by atoms with Crippen molar-refractivity contribution in [2.45, 2.75) is 25.9 Å². The van der Waals surface area contributed by atoms with Gasteiger partial charge in [-0.3, -0.25) is 4.79 Å². The number of carbonyl (C=O) groups excluding carboxylic acids is 2. The van der Waals surface area contributed by atoms with Crippen LogP contribution < -0.4 is 5.73 Å². The smallest absolute Gasteiger partial charge is 0.341 e. The van der Waals surface area contributed by atoms with Gasteiger partial charge in [-0.15, -0.1) is 0 Å². The predicted octanol–water partition coefficient (Wildman–Crippen LogP) is 1.58. The van der Waals surface area contributed by atoms with Crippen molar-refractivity contribution in [1.82, 2.24) is 4.90 Å². The average molecular weight is 280 g/mol. The minimum Gasteiger partial charge on any atom is -0.449 e. The van der Waals surface area contributed by atoms with E-state index in [4.69, 9.17) is 10.5 Å². The summed E-state index contributed by atoms with van der Waals surface area (Å²) < 4.78 is 18.0. The van der Waals surface area contributed by atoms with Gasteiger partial charge < -0.3 is 15.4 Å². The van der Waals surface area contributed by atoms with Gasteiger partial charge in [0.1, 0.15) is 5.82 Å². The molecule has 0 saturated carbocycles. The van der Waals surface area contributed by atoms with Crippen LogP contribution in [0.2, 0.25) is 0 Å². The molecule has 0 radical (unpaired) electrons. The summed E-state index contributed by atoms with van der Waals surface area (Å²) in [5.74, 6) is -1.46. The lowest BCUT2D eigenvalue weighted by Crippen LogP contribution is -2.38. The first kappa shape index (κ1) is 14.3. The molecular formula is C14H17FN2O3. The Hall–Kier alpha value is -2.11. The van der Waals surface area contributed by atoms with E-state index in [2.05, 4.69) is 0 Å². The highest BCUT2D eigenvalue weighted by Gasteiger charge is 2.26. The predicted molar refractivity (Wildman–Crippen MR) is 71.5 cm³/mol. The van der Waals surface area contributed by atoms with Gasteiger partial charge in [0.2, 0.25) is 0 Å². The number of anilines is 1. The number of nitrogens with zero attached hydrogens (tertiary/aromatic N) is 1. The van der Waals surface area contributed by atoms with Crippen LogP contribution in [-0.2, 0) is 9.53 Å². The van der Waals surface area contributed by atoms with Gasteiger partial charge in [0.15, 0.2) is 6.10 Å². The maximum absolute atomic E-state index is 12.9. The third-order valence-electron chi connectivity index (χ3n) is 3.28. The zero-order chi connectivity index (χ0) is 14.7. The minimum absolute atomic E-state index is 0.00387. The second kappa shape index (κ2) is 5.90. The molecule has 2 rings (SSSR count). The maximum atomic E-state index is 12.9. The lowest BCUT2D eigenvalue weighted by atomic mass is 10.2. The molecule has 0 bridgehead atoms. The molecule has 1 aliphatic rings. The number of rotatable bonds is 3. The maximum Gasteiger partial charge on any atom is 0.341 e. The fraction of sp³-hybridized carbons (Fsp3) is 0.429. The molecule has 0 spiro atoms. The van der Waals surface area contributed by atoms with Crippen molar-refractivity contribution in [3.63, 3.8) is 0 Å². The highest BCUT2D eigenvalue weighted by Crippen LogP contribution is 2.16. The molecule has 1 aliphatic heterocycles. The van der Waals surface area contributed by atoms with Crippen molar-refractivity contribution < 1.29 is 18.7 Å². The molecule has 0 aromatic heterocycles. The number of ether oxygens (including phenoxy) is 1. The van der Waals surface area contributed by atoms with Gasteiger partial charge in [0.25, 0.3) is 5.91 Å². The molecule has 20 heavy (non-hydrogen) atoms. The van der Waals surface area contributed by atoms with Crippen LogP contribution in [0.4, 0.5) is 10.1 Å². The highest BCUT2D eigenvalue weighted by atomic mass is 19.1. The summed E-state index contributed by atoms with van der Waals surface area (Å²) in [6.07, 6.45) is 1.07. The Kier molecular flexibility index (Phi) is 4.22. The van der Waals surface area contributed by atoms with Crippen LogP contribution in [0.25, 0.3) is 0 Å². The molecule has 5 nitrogen and oxygen atoms in total. The van der Waals surface area contributed by atoms with Crippen molar-refractivity contribution in [1.29, 1.82) is 0 Å². The van der Waals surface area contributed by atoms with E-state index in [1.165, 1.54) is 13.0 Å². The lowest BCUT2D eigenvalue weighted by Gasteiger charge is -2.20. The Morgan fingerprint density at radius 2 is 2.00 bits per heavy atom. The summed E-state index contributed by atoms with van der Waals surface area (Å²) in [4.78, 5) is 25.6. The Morgan fingerprint density at radius 3 is 2.60 bits per heavy atom. The normalized spacial score (nSPS) is 16.0. The number of amides is 1. The van der Waals surface area contributed by atoms with E-state index in [0.29, 0.717) is 13.1 Å². The summed E-state index contributed by atoms with van der Waals surface area (Å²) in [6, 6.07) is 3.42. The molecule has 0 aliphatic carbocycles. The molecule has 2 N–H and O–H groups in total. The Morgan fingerprint density at radius 1 is 1.35 bits per heavy atom. The topological polar surface area (TPSA) is 72.6 Å². The molecule has 108 valence electrons. The number of halogens is 1. The zero-order valence-corrected chi connectivity index (χ0v) is 11.3. The van der Waals surface area contributed by atoms with Gasteiger partial charge in [-0.05, 0) is 38.0 Å². The van der Waals surface area contributed by atoms with E-state index in [-0.39, 0.29) is 17.2 Å². The third-order valence-corrected chi connectivity index (χ3v) is 3.28. The number of hydrogen-bond acceptors (Lipinski definition) is 4. The largest absolute Gasteiger partial charge is 0.449 e. The van der Waals surface area contributed by atoms with Gasteiger partial charge in [-0.2, -0.15) is 0 Å². The lowest BCUT2D eigenvalue weighted by molar-refractivity contribution is -0.138. The fourth-order valence-corrected chi connectivity index (χ4v) is 2.19.